The summed E-state index contributed by atoms with van der Waals surface area (Å²) < 4.78 is 0. The zero-order chi connectivity index (χ0) is 13.0. The molecule has 100 valence electrons. The van der Waals surface area contributed by atoms with Crippen LogP contribution < -0.4 is 5.32 Å². The van der Waals surface area contributed by atoms with Gasteiger partial charge in [0.2, 0.25) is 0 Å². The number of aliphatic hydroxyl groups is 1. The third-order valence-corrected chi connectivity index (χ3v) is 4.30. The third kappa shape index (κ3) is 3.46. The Hall–Kier alpha value is -1.07. The van der Waals surface area contributed by atoms with Crippen LogP contribution in [0.5, 0.6) is 0 Å². The maximum Gasteiger partial charge on any atom is 0.317 e. The van der Waals surface area contributed by atoms with Gasteiger partial charge < -0.3 is 15.3 Å². The van der Waals surface area contributed by atoms with Gasteiger partial charge in [0.15, 0.2) is 0 Å². The molecule has 2 amide bonds. The smallest absolute Gasteiger partial charge is 0.317 e. The Kier molecular flexibility index (Phi) is 4.60. The van der Waals surface area contributed by atoms with Crippen LogP contribution in [0.2, 0.25) is 0 Å². The summed E-state index contributed by atoms with van der Waals surface area (Å²) in [6.07, 6.45) is 1.65. The molecule has 1 aromatic rings. The lowest BCUT2D eigenvalue weighted by Crippen LogP contribution is -2.47. The summed E-state index contributed by atoms with van der Waals surface area (Å²) in [5, 5.41) is 14.5. The molecule has 2 unspecified atom stereocenters. The van der Waals surface area contributed by atoms with Crippen molar-refractivity contribution in [2.45, 2.75) is 32.4 Å². The molecule has 2 atom stereocenters. The topological polar surface area (TPSA) is 52.6 Å². The van der Waals surface area contributed by atoms with Gasteiger partial charge in [0.25, 0.3) is 0 Å². The van der Waals surface area contributed by atoms with Crippen LogP contribution in [0.3, 0.4) is 0 Å². The molecule has 2 N–H and O–H groups in total. The number of aliphatic hydroxyl groups excluding tert-OH is 1. The van der Waals surface area contributed by atoms with Crippen molar-refractivity contribution in [1.29, 1.82) is 0 Å². The highest BCUT2D eigenvalue weighted by Crippen LogP contribution is 2.19. The zero-order valence-corrected chi connectivity index (χ0v) is 11.4. The standard InChI is InChI=1S/C13H20N2O2S/c1-10(16)11-4-2-6-15(9-11)13(17)14-8-12-5-3-7-18-12/h3,5,7,10-11,16H,2,4,6,8-9H2,1H3,(H,14,17). The van der Waals surface area contributed by atoms with E-state index >= 15 is 0 Å². The van der Waals surface area contributed by atoms with Crippen LogP contribution in [0.15, 0.2) is 17.5 Å². The van der Waals surface area contributed by atoms with Crippen LogP contribution in [0.25, 0.3) is 0 Å². The number of hydrogen-bond donors (Lipinski definition) is 2. The second-order valence-electron chi connectivity index (χ2n) is 4.83. The SMILES string of the molecule is CC(O)C1CCCN(C(=O)NCc2cccs2)C1. The second-order valence-corrected chi connectivity index (χ2v) is 5.86. The Morgan fingerprint density at radius 1 is 1.72 bits per heavy atom. The summed E-state index contributed by atoms with van der Waals surface area (Å²) >= 11 is 1.64. The number of urea groups is 1. The lowest BCUT2D eigenvalue weighted by Gasteiger charge is -2.34. The van der Waals surface area contributed by atoms with Crippen molar-refractivity contribution in [3.05, 3.63) is 22.4 Å². The summed E-state index contributed by atoms with van der Waals surface area (Å²) in [5.74, 6) is 0.214. The molecule has 1 aliphatic heterocycles. The first-order valence-corrected chi connectivity index (χ1v) is 7.28. The molecule has 0 radical (unpaired) electrons. The Morgan fingerprint density at radius 2 is 2.56 bits per heavy atom. The number of carbonyl (C=O) groups excluding carboxylic acids is 1. The molecule has 1 fully saturated rings. The van der Waals surface area contributed by atoms with E-state index in [9.17, 15) is 9.90 Å². The van der Waals surface area contributed by atoms with E-state index in [1.165, 1.54) is 0 Å². The molecule has 0 saturated carbocycles. The van der Waals surface area contributed by atoms with Gasteiger partial charge in [-0.25, -0.2) is 4.79 Å². The summed E-state index contributed by atoms with van der Waals surface area (Å²) in [6.45, 7) is 3.84. The van der Waals surface area contributed by atoms with Gasteiger partial charge in [0, 0.05) is 23.9 Å². The van der Waals surface area contributed by atoms with E-state index < -0.39 is 0 Å². The van der Waals surface area contributed by atoms with Crippen molar-refractivity contribution >= 4 is 17.4 Å². The van der Waals surface area contributed by atoms with E-state index in [2.05, 4.69) is 5.32 Å². The monoisotopic (exact) mass is 268 g/mol. The van der Waals surface area contributed by atoms with E-state index in [4.69, 9.17) is 0 Å². The van der Waals surface area contributed by atoms with Crippen LogP contribution in [-0.4, -0.2) is 35.2 Å². The molecule has 2 rings (SSSR count). The van der Waals surface area contributed by atoms with Crippen molar-refractivity contribution in [2.24, 2.45) is 5.92 Å². The lowest BCUT2D eigenvalue weighted by molar-refractivity contribution is 0.0739. The van der Waals surface area contributed by atoms with Crippen molar-refractivity contribution in [3.63, 3.8) is 0 Å². The Balaban J connectivity index is 1.81. The Labute approximate surface area is 112 Å². The molecule has 18 heavy (non-hydrogen) atoms. The fourth-order valence-corrected chi connectivity index (χ4v) is 2.92. The van der Waals surface area contributed by atoms with Crippen molar-refractivity contribution in [2.75, 3.05) is 13.1 Å². The number of nitrogens with one attached hydrogen (secondary N) is 1. The molecule has 0 aromatic carbocycles. The zero-order valence-electron chi connectivity index (χ0n) is 10.6. The fraction of sp³-hybridized carbons (Fsp3) is 0.615. The van der Waals surface area contributed by atoms with Crippen LogP contribution >= 0.6 is 11.3 Å². The normalized spacial score (nSPS) is 21.7. The molecule has 1 aliphatic rings. The predicted molar refractivity (Wildman–Crippen MR) is 72.5 cm³/mol. The number of amides is 2. The van der Waals surface area contributed by atoms with Crippen molar-refractivity contribution < 1.29 is 9.90 Å². The molecule has 1 saturated heterocycles. The molecule has 4 nitrogen and oxygen atoms in total. The van der Waals surface area contributed by atoms with Crippen molar-refractivity contribution in [1.82, 2.24) is 10.2 Å². The van der Waals surface area contributed by atoms with Crippen molar-refractivity contribution in [3.8, 4) is 0 Å². The minimum absolute atomic E-state index is 0.0197. The summed E-state index contributed by atoms with van der Waals surface area (Å²) in [5.41, 5.74) is 0. The molecule has 0 aliphatic carbocycles. The van der Waals surface area contributed by atoms with Gasteiger partial charge in [-0.3, -0.25) is 0 Å². The van der Waals surface area contributed by atoms with E-state index in [1.807, 2.05) is 22.4 Å². The average molecular weight is 268 g/mol. The maximum absolute atomic E-state index is 12.0. The quantitative estimate of drug-likeness (QED) is 0.881. The van der Waals surface area contributed by atoms with Gasteiger partial charge in [-0.1, -0.05) is 6.07 Å². The molecule has 5 heteroatoms. The maximum atomic E-state index is 12.0. The van der Waals surface area contributed by atoms with E-state index in [0.717, 1.165) is 24.3 Å². The molecular weight excluding hydrogens is 248 g/mol. The van der Waals surface area contributed by atoms with Gasteiger partial charge in [-0.05, 0) is 31.2 Å². The predicted octanol–water partition coefficient (Wildman–Crippen LogP) is 2.05. The van der Waals surface area contributed by atoms with Gasteiger partial charge in [0.05, 0.1) is 12.6 Å². The number of piperidine rings is 1. The first kappa shape index (κ1) is 13.4. The van der Waals surface area contributed by atoms with Gasteiger partial charge in [0.1, 0.15) is 0 Å². The average Bonchev–Trinajstić information content (AvgIpc) is 2.89. The summed E-state index contributed by atoms with van der Waals surface area (Å²) in [7, 11) is 0. The van der Waals surface area contributed by atoms with Crippen LogP contribution in [-0.2, 0) is 6.54 Å². The van der Waals surface area contributed by atoms with Gasteiger partial charge in [-0.15, -0.1) is 11.3 Å². The fourth-order valence-electron chi connectivity index (χ4n) is 2.28. The summed E-state index contributed by atoms with van der Waals surface area (Å²) in [4.78, 5) is 15.0. The highest BCUT2D eigenvalue weighted by Gasteiger charge is 2.26. The first-order chi connectivity index (χ1) is 8.66. The molecule has 0 spiro atoms. The number of hydrogen-bond acceptors (Lipinski definition) is 3. The molecular formula is C13H20N2O2S. The highest BCUT2D eigenvalue weighted by molar-refractivity contribution is 7.09. The number of rotatable bonds is 3. The second kappa shape index (κ2) is 6.20. The van der Waals surface area contributed by atoms with Gasteiger partial charge in [-0.2, -0.15) is 0 Å². The molecule has 2 heterocycles. The Morgan fingerprint density at radius 3 is 3.22 bits per heavy atom. The third-order valence-electron chi connectivity index (χ3n) is 3.42. The largest absolute Gasteiger partial charge is 0.393 e. The number of nitrogens with zero attached hydrogens (tertiary/aromatic N) is 1. The number of thiophene rings is 1. The first-order valence-electron chi connectivity index (χ1n) is 6.40. The minimum Gasteiger partial charge on any atom is -0.393 e. The highest BCUT2D eigenvalue weighted by atomic mass is 32.1. The number of likely N-dealkylation sites (tertiary alicyclic amines) is 1. The lowest BCUT2D eigenvalue weighted by atomic mass is 9.94. The minimum atomic E-state index is -0.335. The van der Waals surface area contributed by atoms with Gasteiger partial charge >= 0.3 is 6.03 Å². The Bertz CT molecular complexity index is 378. The summed E-state index contributed by atoms with van der Waals surface area (Å²) in [6, 6.07) is 3.98. The van der Waals surface area contributed by atoms with Crippen LogP contribution in [0, 0.1) is 5.92 Å². The molecule has 1 aromatic heterocycles. The van der Waals surface area contributed by atoms with E-state index in [0.29, 0.717) is 13.1 Å². The van der Waals surface area contributed by atoms with E-state index in [-0.39, 0.29) is 18.1 Å². The molecule has 0 bridgehead atoms. The van der Waals surface area contributed by atoms with E-state index in [1.54, 1.807) is 18.3 Å². The number of carbonyl (C=O) groups is 1. The van der Waals surface area contributed by atoms with Crippen LogP contribution in [0.1, 0.15) is 24.6 Å². The van der Waals surface area contributed by atoms with Crippen LogP contribution in [0.4, 0.5) is 4.79 Å².